The zero-order valence-corrected chi connectivity index (χ0v) is 75.9. The van der Waals surface area contributed by atoms with Crippen LogP contribution < -0.4 is 15.1 Å². The zero-order valence-electron chi connectivity index (χ0n) is 75.1. The molecule has 6 aliphatic rings. The third-order valence-corrected chi connectivity index (χ3v) is 17.2. The summed E-state index contributed by atoms with van der Waals surface area (Å²) < 4.78 is 38.0. The summed E-state index contributed by atoms with van der Waals surface area (Å²) in [6.45, 7) is 63.2. The van der Waals surface area contributed by atoms with Crippen molar-refractivity contribution in [1.29, 1.82) is 0 Å². The van der Waals surface area contributed by atoms with Crippen molar-refractivity contribution in [2.24, 2.45) is 23.7 Å². The Bertz CT molecular complexity index is 2940. The van der Waals surface area contributed by atoms with Gasteiger partial charge in [-0.05, 0) is 125 Å². The Labute approximate surface area is 679 Å². The van der Waals surface area contributed by atoms with Crippen LogP contribution in [0.4, 0.5) is 30.2 Å². The summed E-state index contributed by atoms with van der Waals surface area (Å²) in [7, 11) is 0. The van der Waals surface area contributed by atoms with Gasteiger partial charge >= 0.3 is 6.18 Å². The van der Waals surface area contributed by atoms with Crippen LogP contribution in [0.5, 0.6) is 0 Å². The van der Waals surface area contributed by atoms with Crippen LogP contribution in [0.15, 0.2) is 193 Å². The molecule has 0 bridgehead atoms. The normalized spacial score (nSPS) is 14.0. The van der Waals surface area contributed by atoms with Gasteiger partial charge in [-0.3, -0.25) is 9.59 Å². The van der Waals surface area contributed by atoms with Crippen LogP contribution in [0.1, 0.15) is 318 Å². The second kappa shape index (κ2) is 85.4. The molecule has 1 atom stereocenters. The fourth-order valence-electron chi connectivity index (χ4n) is 10.4. The van der Waals surface area contributed by atoms with Gasteiger partial charge in [-0.1, -0.05) is 425 Å². The predicted molar refractivity (Wildman–Crippen MR) is 495 cm³/mol. The van der Waals surface area contributed by atoms with Crippen molar-refractivity contribution < 1.29 is 22.8 Å². The van der Waals surface area contributed by atoms with Gasteiger partial charge in [0.1, 0.15) is 0 Å². The highest BCUT2D eigenvalue weighted by Gasteiger charge is 2.33. The van der Waals surface area contributed by atoms with Crippen LogP contribution in [-0.2, 0) is 15.8 Å². The highest BCUT2D eigenvalue weighted by molar-refractivity contribution is 7.99. The maximum atomic E-state index is 12.7. The number of carbonyl (C=O) groups is 2. The van der Waals surface area contributed by atoms with Crippen molar-refractivity contribution in [3.05, 3.63) is 216 Å². The number of hydrogen-bond acceptors (Lipinski definition) is 4. The number of nitrogens with one attached hydrogen (secondary N) is 1. The summed E-state index contributed by atoms with van der Waals surface area (Å²) in [6.07, 6.45) is 21.6. The smallest absolute Gasteiger partial charge is 0.383 e. The molecule has 0 saturated heterocycles. The maximum Gasteiger partial charge on any atom is 0.416 e. The van der Waals surface area contributed by atoms with E-state index in [0.717, 1.165) is 65.2 Å². The zero-order chi connectivity index (χ0) is 83.9. The molecule has 9 heteroatoms. The van der Waals surface area contributed by atoms with Gasteiger partial charge in [0.15, 0.2) is 0 Å². The lowest BCUT2D eigenvalue weighted by Gasteiger charge is -2.22. The number of hydrogen-bond donors (Lipinski definition) is 1. The van der Waals surface area contributed by atoms with Crippen molar-refractivity contribution >= 4 is 51.4 Å². The van der Waals surface area contributed by atoms with Crippen LogP contribution in [0.25, 0.3) is 10.8 Å². The van der Waals surface area contributed by atoms with Gasteiger partial charge in [-0.15, -0.1) is 11.8 Å². The van der Waals surface area contributed by atoms with E-state index in [9.17, 15) is 22.8 Å². The highest BCUT2D eigenvalue weighted by Crippen LogP contribution is 2.39. The van der Waals surface area contributed by atoms with E-state index in [2.05, 4.69) is 145 Å². The monoisotopic (exact) mass is 1530 g/mol. The van der Waals surface area contributed by atoms with Crippen LogP contribution in [-0.4, -0.2) is 37.2 Å². The third-order valence-electron chi connectivity index (χ3n) is 16.1. The predicted octanol–water partition coefficient (Wildman–Crippen LogP) is 34.0. The third kappa shape index (κ3) is 61.7. The molecule has 2 heterocycles. The number of benzene rings is 7. The number of allylic oxidation sites excluding steroid dienone is 2. The SMILES string of the molecule is C.CC.CC.CC.CC.CC.CC.CC.CC.CC.CC.CC1C=CCC1.CC1CCC1.CC1CCCC1.CC1CCCCC1.CCN1C(=O)CCNc2ccc(C)cc21.CCN1C(=O)CCSc2ccc(C(F)(F)F)cc21.Cc1ccc2ccccc2c1.Cc1ccccc1.Cc1ccccc1.c1ccccc1. The van der Waals surface area contributed by atoms with E-state index in [1.807, 2.05) is 236 Å². The summed E-state index contributed by atoms with van der Waals surface area (Å²) in [4.78, 5) is 27.6. The summed E-state index contributed by atoms with van der Waals surface area (Å²) in [6, 6.07) is 57.2. The van der Waals surface area contributed by atoms with Crippen LogP contribution in [0, 0.1) is 51.4 Å². The van der Waals surface area contributed by atoms with Gasteiger partial charge in [0.25, 0.3) is 0 Å². The van der Waals surface area contributed by atoms with Crippen molar-refractivity contribution in [2.45, 2.75) is 329 Å². The molecule has 624 valence electrons. The number of carbonyl (C=O) groups excluding carboxylic acids is 2. The standard InChI is InChI=1S/C12H12F3NOS.C12H16N2O.C11H10.C7H14.2C7H8.C6H12.C6H10.C6H6.C5H10.10C2H6.CH4/c1-2-16-9-7-8(12(13,14)15)3-4-10(9)18-6-5-11(16)17;1-3-14-11-8-9(2)4-5-10(11)13-7-6-12(14)15;1-9-6-7-10-4-2-3-5-11(10)8-9;3*1-7-5-3-2-4-6-7;2*1-6-4-2-3-5-6;1-2-4-6-5-3-1;1-5-3-2-4-5;10*1-2;/h3-4,7H,2,5-6H2,1H3;4-5,8,13H,3,6-7H2,1-2H3;2-8H,1H3;7H,2-6H2,1H3;2*2-6H,1H3;6H,2-5H2,1H3;2,4,6H,3,5H2,1H3;1-6H;5H,2-4H2,1H3;10*1-2H3;1H4. The molecule has 7 aromatic carbocycles. The molecule has 13 rings (SSSR count). The van der Waals surface area contributed by atoms with E-state index in [1.54, 1.807) is 6.92 Å². The summed E-state index contributed by atoms with van der Waals surface area (Å²) in [5.41, 5.74) is 6.89. The molecule has 109 heavy (non-hydrogen) atoms. The Kier molecular flexibility index (Phi) is 92.6. The van der Waals surface area contributed by atoms with E-state index in [1.165, 1.54) is 146 Å². The first-order chi connectivity index (χ1) is 52.4. The molecule has 3 saturated carbocycles. The minimum absolute atomic E-state index is 0. The molecule has 2 amide bonds. The topological polar surface area (TPSA) is 52.7 Å². The van der Waals surface area contributed by atoms with Gasteiger partial charge in [0, 0.05) is 43.1 Å². The highest BCUT2D eigenvalue weighted by atomic mass is 32.2. The number of amides is 2. The second-order valence-corrected chi connectivity index (χ2v) is 25.4. The quantitative estimate of drug-likeness (QED) is 0.175. The van der Waals surface area contributed by atoms with Crippen LogP contribution in [0.2, 0.25) is 0 Å². The molecular formula is C100H170F3N3O2S. The van der Waals surface area contributed by atoms with Gasteiger partial charge in [0.05, 0.1) is 22.6 Å². The van der Waals surface area contributed by atoms with Crippen molar-refractivity contribution in [3.63, 3.8) is 0 Å². The molecule has 0 radical (unpaired) electrons. The molecule has 0 aromatic heterocycles. The number of alkyl halides is 3. The first-order valence-electron chi connectivity index (χ1n) is 42.8. The van der Waals surface area contributed by atoms with Gasteiger partial charge in [-0.25, -0.2) is 0 Å². The average Bonchev–Trinajstić information content (AvgIpc) is 1.80. The van der Waals surface area contributed by atoms with Gasteiger partial charge in [0.2, 0.25) is 11.8 Å². The lowest BCUT2D eigenvalue weighted by Crippen LogP contribution is -2.30. The number of nitrogens with zero attached hydrogens (tertiary/aromatic N) is 2. The molecule has 2 aliphatic heterocycles. The number of anilines is 3. The molecule has 7 aromatic rings. The van der Waals surface area contributed by atoms with E-state index in [4.69, 9.17) is 0 Å². The summed E-state index contributed by atoms with van der Waals surface area (Å²) >= 11 is 1.42. The molecule has 3 fully saturated rings. The molecular weight excluding hydrogens is 1360 g/mol. The number of rotatable bonds is 2. The number of halogens is 3. The number of aryl methyl sites for hydroxylation is 4. The largest absolute Gasteiger partial charge is 0.416 e. The molecule has 1 N–H and O–H groups in total. The summed E-state index contributed by atoms with van der Waals surface area (Å²) in [5, 5.41) is 5.93. The van der Waals surface area contributed by atoms with E-state index < -0.39 is 11.7 Å². The van der Waals surface area contributed by atoms with Gasteiger partial charge in [-0.2, -0.15) is 13.2 Å². The minimum Gasteiger partial charge on any atom is -0.383 e. The Balaban J connectivity index is -0.000000172. The molecule has 5 nitrogen and oxygen atoms in total. The lowest BCUT2D eigenvalue weighted by atomic mass is 9.88. The van der Waals surface area contributed by atoms with E-state index >= 15 is 0 Å². The Morgan fingerprint density at radius 3 is 1.12 bits per heavy atom. The van der Waals surface area contributed by atoms with Crippen LogP contribution in [0.3, 0.4) is 0 Å². The van der Waals surface area contributed by atoms with Crippen molar-refractivity contribution in [2.75, 3.05) is 40.5 Å². The molecule has 4 aliphatic carbocycles. The second-order valence-electron chi connectivity index (χ2n) is 24.2. The fourth-order valence-corrected chi connectivity index (χ4v) is 11.4. The van der Waals surface area contributed by atoms with E-state index in [-0.39, 0.29) is 19.2 Å². The average molecular weight is 1540 g/mol. The lowest BCUT2D eigenvalue weighted by molar-refractivity contribution is -0.137. The Hall–Kier alpha value is -6.58. The first kappa shape index (κ1) is 118. The number of fused-ring (bicyclic) bond motifs is 3. The fraction of sp³-hybridized carbons (Fsp3) is 0.560. The molecule has 0 spiro atoms. The number of thioether (sulfide) groups is 1. The van der Waals surface area contributed by atoms with E-state index in [0.29, 0.717) is 30.8 Å². The van der Waals surface area contributed by atoms with Crippen LogP contribution >= 0.6 is 11.8 Å². The Morgan fingerprint density at radius 1 is 0.404 bits per heavy atom. The first-order valence-corrected chi connectivity index (χ1v) is 43.8. The maximum absolute atomic E-state index is 12.7. The summed E-state index contributed by atoms with van der Waals surface area (Å²) in [5.74, 6) is 4.70. The minimum atomic E-state index is -4.38. The Morgan fingerprint density at radius 2 is 0.780 bits per heavy atom. The van der Waals surface area contributed by atoms with Gasteiger partial charge < -0.3 is 15.1 Å². The molecule has 1 unspecified atom stereocenters. The van der Waals surface area contributed by atoms with Crippen molar-refractivity contribution in [3.8, 4) is 0 Å². The van der Waals surface area contributed by atoms with Crippen molar-refractivity contribution in [1.82, 2.24) is 0 Å².